The number of unbranched alkanes of at least 4 members (excludes halogenated alkanes) is 36. The molecule has 1 rings (SSSR count). The molecule has 5 unspecified atom stereocenters. The lowest BCUT2D eigenvalue weighted by molar-refractivity contribution is 0.226. The fourth-order valence-corrected chi connectivity index (χ4v) is 12.9. The highest BCUT2D eigenvalue weighted by Crippen LogP contribution is 2.48. The van der Waals surface area contributed by atoms with Gasteiger partial charge in [-0.2, -0.15) is 0 Å². The Labute approximate surface area is 415 Å². The average molecular weight is 912 g/mol. The maximum atomic E-state index is 2.38. The molecule has 0 aliphatic heterocycles. The topological polar surface area (TPSA) is 0 Å². The molecule has 0 nitrogen and oxygen atoms in total. The summed E-state index contributed by atoms with van der Waals surface area (Å²) >= 11 is 0. The first kappa shape index (κ1) is 63.0. The molecule has 0 amide bonds. The molecule has 5 atom stereocenters. The summed E-state index contributed by atoms with van der Waals surface area (Å²) in [6.07, 6.45) is 79.2. The van der Waals surface area contributed by atoms with Crippen LogP contribution in [0.3, 0.4) is 0 Å². The molecule has 0 N–H and O–H groups in total. The van der Waals surface area contributed by atoms with Gasteiger partial charge in [-0.3, -0.25) is 0 Å². The molecule has 1 aliphatic rings. The lowest BCUT2D eigenvalue weighted by atomic mass is 9.77. The van der Waals surface area contributed by atoms with Crippen molar-refractivity contribution in [3.8, 4) is 0 Å². The van der Waals surface area contributed by atoms with Crippen molar-refractivity contribution in [1.29, 1.82) is 0 Å². The van der Waals surface area contributed by atoms with E-state index in [9.17, 15) is 0 Å². The number of hydrogen-bond acceptors (Lipinski definition) is 0. The van der Waals surface area contributed by atoms with Crippen molar-refractivity contribution in [3.63, 3.8) is 0 Å². The minimum atomic E-state index is 1.01. The van der Waals surface area contributed by atoms with Crippen molar-refractivity contribution < 1.29 is 0 Å². The molecule has 1 aliphatic carbocycles. The van der Waals surface area contributed by atoms with Crippen LogP contribution in [0.25, 0.3) is 0 Å². The van der Waals surface area contributed by atoms with E-state index in [0.29, 0.717) is 0 Å². The third-order valence-electron chi connectivity index (χ3n) is 17.2. The second-order valence-corrected chi connectivity index (χ2v) is 23.6. The predicted molar refractivity (Wildman–Crippen MR) is 300 cm³/mol. The van der Waals surface area contributed by atoms with Gasteiger partial charge in [-0.25, -0.2) is 0 Å². The number of rotatable bonds is 54. The quantitative estimate of drug-likeness (QED) is 0.0534. The van der Waals surface area contributed by atoms with E-state index in [0.717, 1.165) is 35.5 Å². The molecule has 0 aromatic rings. The minimum Gasteiger partial charge on any atom is -0.0654 e. The molecule has 390 valence electrons. The number of hydrogen-bond donors (Lipinski definition) is 0. The van der Waals surface area contributed by atoms with E-state index in [-0.39, 0.29) is 0 Å². The van der Waals surface area contributed by atoms with Gasteiger partial charge >= 0.3 is 0 Å². The Balaban J connectivity index is 3.18. The Morgan fingerprint density at radius 3 is 0.585 bits per heavy atom. The molecular formula is C65H130. The van der Waals surface area contributed by atoms with E-state index in [1.807, 2.05) is 0 Å². The standard InChI is InChI=1S/C65H130/c1-7-13-19-25-31-34-40-44-50-60(49-43-37-28-22-16-10-4)55-63-58-64(56-61(51-45-38-29-23-17-11-5)53-47-41-35-32-26-20-14-8-2)65(59-63)57-62(52-46-39-30-24-18-12-6)54-48-42-36-33-27-21-15-9-3/h60-65H,7-59H2,1-6H3. The Kier molecular flexibility index (Phi) is 48.9. The SMILES string of the molecule is CCCCCCCCCCC(CCCCCCCC)CC1CC(CC(CCCCCCCC)CCCCCCCCCC)C(CC(CCCCCCCC)CCCCCCCCCC)C1. The summed E-state index contributed by atoms with van der Waals surface area (Å²) in [4.78, 5) is 0. The fourth-order valence-electron chi connectivity index (χ4n) is 12.9. The smallest absolute Gasteiger partial charge is 0.0380 e. The van der Waals surface area contributed by atoms with E-state index < -0.39 is 0 Å². The van der Waals surface area contributed by atoms with Gasteiger partial charge in [-0.05, 0) is 67.6 Å². The molecule has 0 heterocycles. The van der Waals surface area contributed by atoms with E-state index in [1.54, 1.807) is 70.6 Å². The van der Waals surface area contributed by atoms with E-state index in [2.05, 4.69) is 41.5 Å². The lowest BCUT2D eigenvalue weighted by Crippen LogP contribution is -2.17. The van der Waals surface area contributed by atoms with Crippen LogP contribution < -0.4 is 0 Å². The molecule has 65 heavy (non-hydrogen) atoms. The Morgan fingerprint density at radius 2 is 0.385 bits per heavy atom. The van der Waals surface area contributed by atoms with E-state index >= 15 is 0 Å². The predicted octanol–water partition coefficient (Wildman–Crippen LogP) is 24.5. The van der Waals surface area contributed by atoms with Gasteiger partial charge in [0.15, 0.2) is 0 Å². The Morgan fingerprint density at radius 1 is 0.215 bits per heavy atom. The van der Waals surface area contributed by atoms with Gasteiger partial charge in [0.2, 0.25) is 0 Å². The van der Waals surface area contributed by atoms with E-state index in [1.165, 1.54) is 270 Å². The van der Waals surface area contributed by atoms with Gasteiger partial charge in [-0.1, -0.05) is 350 Å². The van der Waals surface area contributed by atoms with Crippen molar-refractivity contribution in [2.45, 2.75) is 382 Å². The van der Waals surface area contributed by atoms with Gasteiger partial charge in [0.05, 0.1) is 0 Å². The second-order valence-electron chi connectivity index (χ2n) is 23.6. The molecule has 0 aromatic heterocycles. The Bertz CT molecular complexity index is 823. The van der Waals surface area contributed by atoms with Crippen LogP contribution >= 0.6 is 0 Å². The van der Waals surface area contributed by atoms with Crippen LogP contribution in [0.2, 0.25) is 0 Å². The fraction of sp³-hybridized carbons (Fsp3) is 1.00. The lowest BCUT2D eigenvalue weighted by Gasteiger charge is -2.29. The van der Waals surface area contributed by atoms with Crippen LogP contribution in [0, 0.1) is 35.5 Å². The summed E-state index contributed by atoms with van der Waals surface area (Å²) in [6.45, 7) is 14.2. The highest BCUT2D eigenvalue weighted by atomic mass is 14.4. The second kappa shape index (κ2) is 50.4. The van der Waals surface area contributed by atoms with Gasteiger partial charge in [0.1, 0.15) is 0 Å². The zero-order valence-corrected chi connectivity index (χ0v) is 46.9. The first-order valence-corrected chi connectivity index (χ1v) is 32.1. The van der Waals surface area contributed by atoms with Crippen LogP contribution in [0.5, 0.6) is 0 Å². The van der Waals surface area contributed by atoms with Crippen LogP contribution in [0.1, 0.15) is 382 Å². The monoisotopic (exact) mass is 911 g/mol. The first-order chi connectivity index (χ1) is 32.1. The molecule has 1 saturated carbocycles. The molecule has 0 aromatic carbocycles. The van der Waals surface area contributed by atoms with Crippen LogP contribution in [0.15, 0.2) is 0 Å². The summed E-state index contributed by atoms with van der Waals surface area (Å²) in [5.41, 5.74) is 0. The third-order valence-corrected chi connectivity index (χ3v) is 17.2. The zero-order chi connectivity index (χ0) is 46.9. The molecule has 0 spiro atoms. The normalized spacial score (nSPS) is 17.9. The highest BCUT2D eigenvalue weighted by molar-refractivity contribution is 4.88. The molecule has 0 saturated heterocycles. The van der Waals surface area contributed by atoms with Crippen molar-refractivity contribution in [3.05, 3.63) is 0 Å². The van der Waals surface area contributed by atoms with Crippen molar-refractivity contribution in [2.24, 2.45) is 35.5 Å². The third kappa shape index (κ3) is 40.4. The first-order valence-electron chi connectivity index (χ1n) is 32.1. The van der Waals surface area contributed by atoms with Gasteiger partial charge in [0, 0.05) is 0 Å². The van der Waals surface area contributed by atoms with Crippen LogP contribution in [-0.4, -0.2) is 0 Å². The summed E-state index contributed by atoms with van der Waals surface area (Å²) < 4.78 is 0. The van der Waals surface area contributed by atoms with Crippen LogP contribution in [0.4, 0.5) is 0 Å². The van der Waals surface area contributed by atoms with Gasteiger partial charge in [-0.15, -0.1) is 0 Å². The minimum absolute atomic E-state index is 1.01. The summed E-state index contributed by atoms with van der Waals surface area (Å²) in [5, 5.41) is 0. The van der Waals surface area contributed by atoms with Crippen molar-refractivity contribution >= 4 is 0 Å². The molecule has 0 heteroatoms. The highest BCUT2D eigenvalue weighted by Gasteiger charge is 2.37. The summed E-state index contributed by atoms with van der Waals surface area (Å²) in [7, 11) is 0. The molecular weight excluding hydrogens is 781 g/mol. The molecule has 0 bridgehead atoms. The maximum absolute atomic E-state index is 2.38. The van der Waals surface area contributed by atoms with Crippen molar-refractivity contribution in [2.75, 3.05) is 0 Å². The van der Waals surface area contributed by atoms with Gasteiger partial charge < -0.3 is 0 Å². The summed E-state index contributed by atoms with van der Waals surface area (Å²) in [5.74, 6) is 6.12. The van der Waals surface area contributed by atoms with E-state index in [4.69, 9.17) is 0 Å². The van der Waals surface area contributed by atoms with Gasteiger partial charge in [0.25, 0.3) is 0 Å². The zero-order valence-electron chi connectivity index (χ0n) is 46.9. The summed E-state index contributed by atoms with van der Waals surface area (Å²) in [6, 6.07) is 0. The molecule has 0 radical (unpaired) electrons. The maximum Gasteiger partial charge on any atom is -0.0380 e. The van der Waals surface area contributed by atoms with Crippen molar-refractivity contribution in [1.82, 2.24) is 0 Å². The molecule has 1 fully saturated rings. The average Bonchev–Trinajstić information content (AvgIpc) is 3.68. The Hall–Kier alpha value is 0. The van der Waals surface area contributed by atoms with Crippen LogP contribution in [-0.2, 0) is 0 Å². The largest absolute Gasteiger partial charge is 0.0654 e.